The van der Waals surface area contributed by atoms with Crippen molar-refractivity contribution < 1.29 is 5.11 Å². The van der Waals surface area contributed by atoms with Crippen molar-refractivity contribution in [2.45, 2.75) is 32.9 Å². The molecule has 0 aliphatic heterocycles. The number of nitrogens with zero attached hydrogens (tertiary/aromatic N) is 1. The van der Waals surface area contributed by atoms with E-state index in [-0.39, 0.29) is 0 Å². The molecule has 0 aliphatic carbocycles. The highest BCUT2D eigenvalue weighted by molar-refractivity contribution is 5.06. The van der Waals surface area contributed by atoms with Crippen LogP contribution in [0.2, 0.25) is 0 Å². The van der Waals surface area contributed by atoms with Crippen molar-refractivity contribution in [2.75, 3.05) is 13.2 Å². The Hall–Kier alpha value is -0.800. The summed E-state index contributed by atoms with van der Waals surface area (Å²) in [6, 6.07) is 4.22. The van der Waals surface area contributed by atoms with E-state index in [0.717, 1.165) is 32.5 Å². The van der Waals surface area contributed by atoms with Gasteiger partial charge in [-0.3, -0.25) is 0 Å². The largest absolute Gasteiger partial charge is 0.396 e. The average Bonchev–Trinajstić information content (AvgIpc) is 2.65. The number of unbranched alkanes of at least 4 members (excludes halogenated alkanes) is 1. The average molecular weight is 196 g/mol. The molecule has 0 radical (unpaired) electrons. The quantitative estimate of drug-likeness (QED) is 0.646. The van der Waals surface area contributed by atoms with Gasteiger partial charge in [0, 0.05) is 31.6 Å². The molecule has 0 saturated carbocycles. The first-order valence-electron chi connectivity index (χ1n) is 5.34. The molecule has 14 heavy (non-hydrogen) atoms. The van der Waals surface area contributed by atoms with Crippen LogP contribution in [0, 0.1) is 0 Å². The lowest BCUT2D eigenvalue weighted by Gasteiger charge is -2.07. The summed E-state index contributed by atoms with van der Waals surface area (Å²) in [5.41, 5.74) is 1.33. The van der Waals surface area contributed by atoms with Gasteiger partial charge in [-0.25, -0.2) is 0 Å². The Morgan fingerprint density at radius 3 is 3.00 bits per heavy atom. The highest BCUT2D eigenvalue weighted by atomic mass is 16.2. The minimum atomic E-state index is 0.299. The second-order valence-corrected chi connectivity index (χ2v) is 3.39. The van der Waals surface area contributed by atoms with Crippen LogP contribution in [-0.2, 0) is 13.1 Å². The van der Waals surface area contributed by atoms with Crippen LogP contribution in [0.1, 0.15) is 25.5 Å². The molecular formula is C11H20N2O. The Labute approximate surface area is 85.7 Å². The maximum Gasteiger partial charge on any atom is 0.0431 e. The first-order valence-corrected chi connectivity index (χ1v) is 5.34. The molecule has 1 aromatic heterocycles. The fourth-order valence-corrected chi connectivity index (χ4v) is 1.50. The summed E-state index contributed by atoms with van der Waals surface area (Å²) in [5, 5.41) is 12.0. The molecule has 1 heterocycles. The van der Waals surface area contributed by atoms with E-state index in [0.29, 0.717) is 6.61 Å². The van der Waals surface area contributed by atoms with E-state index in [4.69, 9.17) is 5.11 Å². The second-order valence-electron chi connectivity index (χ2n) is 3.39. The molecule has 1 aromatic rings. The fraction of sp³-hybridized carbons (Fsp3) is 0.636. The molecule has 0 fully saturated rings. The Bertz CT molecular complexity index is 245. The van der Waals surface area contributed by atoms with E-state index >= 15 is 0 Å². The molecule has 3 heteroatoms. The third-order valence-corrected chi connectivity index (χ3v) is 2.33. The summed E-state index contributed by atoms with van der Waals surface area (Å²) in [4.78, 5) is 0. The van der Waals surface area contributed by atoms with E-state index in [2.05, 4.69) is 35.1 Å². The SMILES string of the molecule is CCn1cccc1CNCCCCO. The molecule has 2 N–H and O–H groups in total. The number of nitrogens with one attached hydrogen (secondary N) is 1. The van der Waals surface area contributed by atoms with Crippen molar-refractivity contribution in [1.29, 1.82) is 0 Å². The van der Waals surface area contributed by atoms with Gasteiger partial charge in [-0.2, -0.15) is 0 Å². The zero-order chi connectivity index (χ0) is 10.2. The molecule has 0 amide bonds. The van der Waals surface area contributed by atoms with Crippen LogP contribution >= 0.6 is 0 Å². The molecule has 3 nitrogen and oxygen atoms in total. The number of aliphatic hydroxyl groups excluding tert-OH is 1. The van der Waals surface area contributed by atoms with E-state index in [1.807, 2.05) is 0 Å². The number of aliphatic hydroxyl groups is 1. The van der Waals surface area contributed by atoms with Gasteiger partial charge in [0.2, 0.25) is 0 Å². The molecule has 0 unspecified atom stereocenters. The number of rotatable bonds is 7. The van der Waals surface area contributed by atoms with Gasteiger partial charge in [-0.15, -0.1) is 0 Å². The maximum absolute atomic E-state index is 8.60. The zero-order valence-corrected chi connectivity index (χ0v) is 8.87. The van der Waals surface area contributed by atoms with Gasteiger partial charge in [0.1, 0.15) is 0 Å². The van der Waals surface area contributed by atoms with Crippen LogP contribution in [0.15, 0.2) is 18.3 Å². The predicted molar refractivity (Wildman–Crippen MR) is 58.1 cm³/mol. The summed E-state index contributed by atoms with van der Waals surface area (Å²) in [6.45, 7) is 5.38. The maximum atomic E-state index is 8.60. The number of aromatic nitrogens is 1. The third-order valence-electron chi connectivity index (χ3n) is 2.33. The molecule has 0 saturated heterocycles. The Morgan fingerprint density at radius 2 is 2.29 bits per heavy atom. The first-order chi connectivity index (χ1) is 6.88. The normalized spacial score (nSPS) is 10.7. The van der Waals surface area contributed by atoms with Crippen LogP contribution in [0.3, 0.4) is 0 Å². The van der Waals surface area contributed by atoms with Crippen LogP contribution < -0.4 is 5.32 Å². The van der Waals surface area contributed by atoms with Crippen molar-refractivity contribution in [3.8, 4) is 0 Å². The van der Waals surface area contributed by atoms with Gasteiger partial charge in [-0.1, -0.05) is 0 Å². The summed E-state index contributed by atoms with van der Waals surface area (Å²) < 4.78 is 2.24. The Kier molecular flexibility index (Phi) is 5.33. The number of aryl methyl sites for hydroxylation is 1. The predicted octanol–water partition coefficient (Wildman–Crippen LogP) is 1.37. The topological polar surface area (TPSA) is 37.2 Å². The van der Waals surface area contributed by atoms with Crippen LogP contribution in [-0.4, -0.2) is 22.8 Å². The molecule has 0 spiro atoms. The number of hydrogen-bond acceptors (Lipinski definition) is 2. The van der Waals surface area contributed by atoms with Crippen molar-refractivity contribution in [3.63, 3.8) is 0 Å². The minimum Gasteiger partial charge on any atom is -0.396 e. The summed E-state index contributed by atoms with van der Waals surface area (Å²) in [6.07, 6.45) is 4.04. The summed E-state index contributed by atoms with van der Waals surface area (Å²) >= 11 is 0. The van der Waals surface area contributed by atoms with E-state index in [9.17, 15) is 0 Å². The Balaban J connectivity index is 2.17. The molecule has 0 aromatic carbocycles. The number of hydrogen-bond donors (Lipinski definition) is 2. The minimum absolute atomic E-state index is 0.299. The van der Waals surface area contributed by atoms with E-state index < -0.39 is 0 Å². The van der Waals surface area contributed by atoms with E-state index in [1.54, 1.807) is 0 Å². The highest BCUT2D eigenvalue weighted by Gasteiger charge is 1.97. The van der Waals surface area contributed by atoms with Crippen molar-refractivity contribution >= 4 is 0 Å². The zero-order valence-electron chi connectivity index (χ0n) is 8.87. The van der Waals surface area contributed by atoms with Gasteiger partial charge >= 0.3 is 0 Å². The monoisotopic (exact) mass is 196 g/mol. The van der Waals surface area contributed by atoms with Crippen molar-refractivity contribution in [1.82, 2.24) is 9.88 Å². The standard InChI is InChI=1S/C11H20N2O/c1-2-13-8-5-6-11(13)10-12-7-3-4-9-14/h5-6,8,12,14H,2-4,7,9-10H2,1H3. The Morgan fingerprint density at radius 1 is 1.43 bits per heavy atom. The van der Waals surface area contributed by atoms with Gasteiger partial charge in [0.05, 0.1) is 0 Å². The summed E-state index contributed by atoms with van der Waals surface area (Å²) in [7, 11) is 0. The molecule has 0 aliphatic rings. The van der Waals surface area contributed by atoms with Crippen LogP contribution in [0.4, 0.5) is 0 Å². The molecule has 0 bridgehead atoms. The summed E-state index contributed by atoms with van der Waals surface area (Å²) in [5.74, 6) is 0. The first kappa shape index (κ1) is 11.3. The molecular weight excluding hydrogens is 176 g/mol. The van der Waals surface area contributed by atoms with Gasteiger partial charge in [-0.05, 0) is 38.4 Å². The van der Waals surface area contributed by atoms with Gasteiger partial charge in [0.25, 0.3) is 0 Å². The van der Waals surface area contributed by atoms with E-state index in [1.165, 1.54) is 5.69 Å². The lowest BCUT2D eigenvalue weighted by atomic mass is 10.3. The molecule has 1 rings (SSSR count). The smallest absolute Gasteiger partial charge is 0.0431 e. The lowest BCUT2D eigenvalue weighted by molar-refractivity contribution is 0.283. The van der Waals surface area contributed by atoms with Crippen molar-refractivity contribution in [2.24, 2.45) is 0 Å². The third kappa shape index (κ3) is 3.52. The van der Waals surface area contributed by atoms with Gasteiger partial charge < -0.3 is 15.0 Å². The van der Waals surface area contributed by atoms with Crippen LogP contribution in [0.25, 0.3) is 0 Å². The molecule has 80 valence electrons. The lowest BCUT2D eigenvalue weighted by Crippen LogP contribution is -2.17. The highest BCUT2D eigenvalue weighted by Crippen LogP contribution is 2.01. The fourth-order valence-electron chi connectivity index (χ4n) is 1.50. The van der Waals surface area contributed by atoms with Gasteiger partial charge in [0.15, 0.2) is 0 Å². The second kappa shape index (κ2) is 6.62. The molecule has 0 atom stereocenters. The van der Waals surface area contributed by atoms with Crippen LogP contribution in [0.5, 0.6) is 0 Å². The van der Waals surface area contributed by atoms with Crippen molar-refractivity contribution in [3.05, 3.63) is 24.0 Å².